The summed E-state index contributed by atoms with van der Waals surface area (Å²) in [6.07, 6.45) is 1.96. The molecule has 0 spiro atoms. The summed E-state index contributed by atoms with van der Waals surface area (Å²) < 4.78 is 17.2. The molecule has 0 aliphatic carbocycles. The lowest BCUT2D eigenvalue weighted by molar-refractivity contribution is -0.130. The highest BCUT2D eigenvalue weighted by Gasteiger charge is 2.22. The summed E-state index contributed by atoms with van der Waals surface area (Å²) in [4.78, 5) is 25.2. The standard InChI is InChI=1S/C25H32BrN3O5/c1-6-33-22-13-18(12-19(26)24(22)32-5)14-27-29-25(31)20(11-16(2)3)28-23(30)15-34-21-10-8-7-9-17(21)4/h7-10,12-14,16,20H,6,11,15H2,1-5H3,(H,28,30)(H,29,31)/b27-14-/t20-/m0/s1. The van der Waals surface area contributed by atoms with Crippen molar-refractivity contribution in [3.8, 4) is 17.2 Å². The summed E-state index contributed by atoms with van der Waals surface area (Å²) in [5.74, 6) is 1.16. The maximum Gasteiger partial charge on any atom is 0.262 e. The minimum Gasteiger partial charge on any atom is -0.492 e. The fraction of sp³-hybridized carbons (Fsp3) is 0.400. The van der Waals surface area contributed by atoms with E-state index in [1.54, 1.807) is 25.3 Å². The molecule has 0 aliphatic heterocycles. The molecule has 0 aliphatic rings. The Morgan fingerprint density at radius 3 is 2.53 bits per heavy atom. The van der Waals surface area contributed by atoms with Crippen LogP contribution in [-0.2, 0) is 9.59 Å². The van der Waals surface area contributed by atoms with Gasteiger partial charge in [0.15, 0.2) is 18.1 Å². The minimum absolute atomic E-state index is 0.184. The molecule has 0 heterocycles. The summed E-state index contributed by atoms with van der Waals surface area (Å²) >= 11 is 3.45. The Hall–Kier alpha value is -3.07. The second-order valence-electron chi connectivity index (χ2n) is 8.01. The van der Waals surface area contributed by atoms with E-state index in [2.05, 4.69) is 31.8 Å². The monoisotopic (exact) mass is 533 g/mol. The Morgan fingerprint density at radius 2 is 1.88 bits per heavy atom. The van der Waals surface area contributed by atoms with Crippen LogP contribution in [-0.4, -0.2) is 44.4 Å². The molecule has 2 N–H and O–H groups in total. The highest BCUT2D eigenvalue weighted by atomic mass is 79.9. The second-order valence-corrected chi connectivity index (χ2v) is 8.86. The van der Waals surface area contributed by atoms with Gasteiger partial charge in [0.05, 0.1) is 24.4 Å². The third-order valence-corrected chi connectivity index (χ3v) is 5.32. The van der Waals surface area contributed by atoms with Crippen molar-refractivity contribution in [2.45, 2.75) is 40.2 Å². The Balaban J connectivity index is 2.01. The van der Waals surface area contributed by atoms with Gasteiger partial charge in [-0.05, 0) is 71.4 Å². The molecule has 34 heavy (non-hydrogen) atoms. The molecule has 0 fully saturated rings. The number of nitrogens with one attached hydrogen (secondary N) is 2. The van der Waals surface area contributed by atoms with Gasteiger partial charge in [-0.3, -0.25) is 9.59 Å². The van der Waals surface area contributed by atoms with Gasteiger partial charge in [0.1, 0.15) is 11.8 Å². The average molecular weight is 534 g/mol. The summed E-state index contributed by atoms with van der Waals surface area (Å²) in [6, 6.07) is 10.3. The molecule has 2 amide bonds. The number of aryl methyl sites for hydroxylation is 1. The van der Waals surface area contributed by atoms with Crippen LogP contribution in [0.15, 0.2) is 46.0 Å². The van der Waals surface area contributed by atoms with Crippen molar-refractivity contribution in [3.05, 3.63) is 52.0 Å². The van der Waals surface area contributed by atoms with Crippen molar-refractivity contribution >= 4 is 34.0 Å². The van der Waals surface area contributed by atoms with Crippen LogP contribution in [0.4, 0.5) is 0 Å². The first-order valence-electron chi connectivity index (χ1n) is 11.1. The molecular weight excluding hydrogens is 502 g/mol. The molecule has 0 saturated heterocycles. The molecule has 0 aromatic heterocycles. The van der Waals surface area contributed by atoms with Crippen molar-refractivity contribution < 1.29 is 23.8 Å². The third-order valence-electron chi connectivity index (χ3n) is 4.74. The molecule has 9 heteroatoms. The van der Waals surface area contributed by atoms with Crippen LogP contribution in [0.25, 0.3) is 0 Å². The summed E-state index contributed by atoms with van der Waals surface area (Å²) in [6.45, 7) is 8.02. The summed E-state index contributed by atoms with van der Waals surface area (Å²) in [7, 11) is 1.56. The number of benzene rings is 2. The Bertz CT molecular complexity index is 1010. The lowest BCUT2D eigenvalue weighted by Crippen LogP contribution is -2.47. The quantitative estimate of drug-likeness (QED) is 0.314. The number of hydrazone groups is 1. The third kappa shape index (κ3) is 8.37. The van der Waals surface area contributed by atoms with Gasteiger partial charge in [-0.15, -0.1) is 0 Å². The van der Waals surface area contributed by atoms with Crippen LogP contribution in [0, 0.1) is 12.8 Å². The minimum atomic E-state index is -0.744. The number of methoxy groups -OCH3 is 1. The predicted molar refractivity (Wildman–Crippen MR) is 136 cm³/mol. The number of hydrogen-bond donors (Lipinski definition) is 2. The maximum absolute atomic E-state index is 12.7. The Labute approximate surface area is 209 Å². The number of carbonyl (C=O) groups excluding carboxylic acids is 2. The van der Waals surface area contributed by atoms with E-state index in [1.165, 1.54) is 6.21 Å². The van der Waals surface area contributed by atoms with Crippen LogP contribution >= 0.6 is 15.9 Å². The van der Waals surface area contributed by atoms with Crippen molar-refractivity contribution in [1.29, 1.82) is 0 Å². The van der Waals surface area contributed by atoms with E-state index < -0.39 is 11.9 Å². The van der Waals surface area contributed by atoms with E-state index >= 15 is 0 Å². The van der Waals surface area contributed by atoms with Gasteiger partial charge in [-0.1, -0.05) is 32.0 Å². The predicted octanol–water partition coefficient (Wildman–Crippen LogP) is 4.22. The van der Waals surface area contributed by atoms with Crippen molar-refractivity contribution in [2.75, 3.05) is 20.3 Å². The highest BCUT2D eigenvalue weighted by molar-refractivity contribution is 9.10. The number of carbonyl (C=O) groups is 2. The van der Waals surface area contributed by atoms with Gasteiger partial charge in [0.25, 0.3) is 11.8 Å². The Kier molecular flexibility index (Phi) is 10.9. The zero-order valence-electron chi connectivity index (χ0n) is 20.2. The molecule has 1 atom stereocenters. The van der Waals surface area contributed by atoms with Gasteiger partial charge in [0, 0.05) is 0 Å². The Morgan fingerprint density at radius 1 is 1.15 bits per heavy atom. The summed E-state index contributed by atoms with van der Waals surface area (Å²) in [5, 5.41) is 6.80. The van der Waals surface area contributed by atoms with E-state index in [0.29, 0.717) is 40.3 Å². The van der Waals surface area contributed by atoms with Gasteiger partial charge in [-0.2, -0.15) is 5.10 Å². The largest absolute Gasteiger partial charge is 0.492 e. The van der Waals surface area contributed by atoms with E-state index in [9.17, 15) is 9.59 Å². The lowest BCUT2D eigenvalue weighted by atomic mass is 10.0. The smallest absolute Gasteiger partial charge is 0.262 e. The molecule has 8 nitrogen and oxygen atoms in total. The topological polar surface area (TPSA) is 98.2 Å². The first kappa shape index (κ1) is 27.2. The first-order chi connectivity index (χ1) is 16.2. The lowest BCUT2D eigenvalue weighted by Gasteiger charge is -2.19. The van der Waals surface area contributed by atoms with Gasteiger partial charge >= 0.3 is 0 Å². The van der Waals surface area contributed by atoms with Crippen molar-refractivity contribution in [3.63, 3.8) is 0 Å². The number of nitrogens with zero attached hydrogens (tertiary/aromatic N) is 1. The van der Waals surface area contributed by atoms with Crippen LogP contribution < -0.4 is 25.0 Å². The SMILES string of the molecule is CCOc1cc(/C=N\NC(=O)[C@H](CC(C)C)NC(=O)COc2ccccc2C)cc(Br)c1OC. The fourth-order valence-corrected chi connectivity index (χ4v) is 3.79. The van der Waals surface area contributed by atoms with Crippen LogP contribution in [0.1, 0.15) is 38.3 Å². The van der Waals surface area contributed by atoms with E-state index in [-0.39, 0.29) is 18.4 Å². The number of ether oxygens (including phenoxy) is 3. The van der Waals surface area contributed by atoms with Crippen LogP contribution in [0.5, 0.6) is 17.2 Å². The van der Waals surface area contributed by atoms with E-state index in [0.717, 1.165) is 5.56 Å². The molecule has 2 aromatic rings. The zero-order valence-corrected chi connectivity index (χ0v) is 21.8. The molecule has 2 aromatic carbocycles. The second kappa shape index (κ2) is 13.6. The number of hydrogen-bond acceptors (Lipinski definition) is 6. The molecule has 184 valence electrons. The van der Waals surface area contributed by atoms with Gasteiger partial charge < -0.3 is 19.5 Å². The molecule has 2 rings (SSSR count). The number of amides is 2. The average Bonchev–Trinajstić information content (AvgIpc) is 2.78. The molecule has 0 unspecified atom stereocenters. The number of rotatable bonds is 12. The highest BCUT2D eigenvalue weighted by Crippen LogP contribution is 2.36. The first-order valence-corrected chi connectivity index (χ1v) is 11.8. The van der Waals surface area contributed by atoms with Crippen molar-refractivity contribution in [1.82, 2.24) is 10.7 Å². The normalized spacial score (nSPS) is 11.9. The van der Waals surface area contributed by atoms with Crippen LogP contribution in [0.3, 0.4) is 0 Å². The number of para-hydroxylation sites is 1. The maximum atomic E-state index is 12.7. The van der Waals surface area contributed by atoms with E-state index in [4.69, 9.17) is 14.2 Å². The fourth-order valence-electron chi connectivity index (χ4n) is 3.17. The van der Waals surface area contributed by atoms with Gasteiger partial charge in [0.2, 0.25) is 0 Å². The van der Waals surface area contributed by atoms with Crippen molar-refractivity contribution in [2.24, 2.45) is 11.0 Å². The van der Waals surface area contributed by atoms with E-state index in [1.807, 2.05) is 45.9 Å². The summed E-state index contributed by atoms with van der Waals surface area (Å²) in [5.41, 5.74) is 4.14. The molecular formula is C25H32BrN3O5. The van der Waals surface area contributed by atoms with Crippen LogP contribution in [0.2, 0.25) is 0 Å². The number of halogens is 1. The zero-order chi connectivity index (χ0) is 25.1. The molecule has 0 saturated carbocycles. The molecule has 0 bridgehead atoms. The molecule has 0 radical (unpaired) electrons. The van der Waals surface area contributed by atoms with Gasteiger partial charge in [-0.25, -0.2) is 5.43 Å².